The maximum Gasteiger partial charge on any atom is 0.319 e. The molecule has 2 aliphatic rings. The predicted octanol–water partition coefficient (Wildman–Crippen LogP) is 3.50. The zero-order chi connectivity index (χ0) is 18.9. The molecule has 2 heterocycles. The minimum Gasteiger partial charge on any atom is -0.487 e. The van der Waals surface area contributed by atoms with E-state index in [4.69, 9.17) is 4.74 Å². The Kier molecular flexibility index (Phi) is 4.59. The van der Waals surface area contributed by atoms with E-state index in [-0.39, 0.29) is 17.7 Å². The molecular weight excluding hydrogens is 342 g/mol. The molecule has 1 aliphatic carbocycles. The fraction of sp³-hybridized carbons (Fsp3) is 0.450. The Bertz CT molecular complexity index is 815. The molecule has 0 radical (unpaired) electrons. The van der Waals surface area contributed by atoms with Gasteiger partial charge in [0.15, 0.2) is 0 Å². The Morgan fingerprint density at radius 3 is 2.59 bits per heavy atom. The van der Waals surface area contributed by atoms with Gasteiger partial charge in [0.1, 0.15) is 11.4 Å². The minimum absolute atomic E-state index is 0.0741. The molecular formula is C20H25N5O2. The standard InChI is InChI=1S/C20H25N5O2/c1-25(2)18-21-12-14(13-22-18)23-19(26)24-16-11-20(9-5-6-10-20)27-17-8-4-3-7-15(16)17/h3-4,7-8,12-13,16H,5-6,9-11H2,1-2H3,(H2,23,24,26)/t16-/m1/s1. The summed E-state index contributed by atoms with van der Waals surface area (Å²) >= 11 is 0. The number of urea groups is 1. The summed E-state index contributed by atoms with van der Waals surface area (Å²) in [4.78, 5) is 22.8. The summed E-state index contributed by atoms with van der Waals surface area (Å²) in [6.07, 6.45) is 8.46. The maximum absolute atomic E-state index is 12.6. The van der Waals surface area contributed by atoms with Gasteiger partial charge in [-0.05, 0) is 31.7 Å². The average Bonchev–Trinajstić information content (AvgIpc) is 3.09. The molecule has 7 heteroatoms. The van der Waals surface area contributed by atoms with Crippen LogP contribution in [0.1, 0.15) is 43.7 Å². The number of carbonyl (C=O) groups excluding carboxylic acids is 1. The van der Waals surface area contributed by atoms with Gasteiger partial charge in [-0.3, -0.25) is 0 Å². The second kappa shape index (κ2) is 7.06. The van der Waals surface area contributed by atoms with Crippen LogP contribution in [0, 0.1) is 0 Å². The van der Waals surface area contributed by atoms with Crippen LogP contribution in [0.25, 0.3) is 0 Å². The number of rotatable bonds is 3. The van der Waals surface area contributed by atoms with Gasteiger partial charge in [-0.2, -0.15) is 0 Å². The van der Waals surface area contributed by atoms with Crippen LogP contribution >= 0.6 is 0 Å². The molecule has 1 aromatic heterocycles. The molecule has 1 aromatic carbocycles. The van der Waals surface area contributed by atoms with Gasteiger partial charge in [0.05, 0.1) is 24.1 Å². The molecule has 142 valence electrons. The summed E-state index contributed by atoms with van der Waals surface area (Å²) in [6, 6.07) is 7.65. The molecule has 4 rings (SSSR count). The monoisotopic (exact) mass is 367 g/mol. The van der Waals surface area contributed by atoms with Crippen LogP contribution in [0.2, 0.25) is 0 Å². The highest BCUT2D eigenvalue weighted by Gasteiger charge is 2.43. The lowest BCUT2D eigenvalue weighted by Crippen LogP contribution is -2.44. The van der Waals surface area contributed by atoms with E-state index in [0.29, 0.717) is 11.6 Å². The number of ether oxygens (including phenoxy) is 1. The molecule has 1 atom stereocenters. The molecule has 0 unspecified atom stereocenters. The number of hydrogen-bond donors (Lipinski definition) is 2. The zero-order valence-electron chi connectivity index (χ0n) is 15.7. The summed E-state index contributed by atoms with van der Waals surface area (Å²) in [7, 11) is 3.74. The number of para-hydroxylation sites is 1. The molecule has 1 aliphatic heterocycles. The number of fused-ring (bicyclic) bond motifs is 1. The molecule has 1 fully saturated rings. The maximum atomic E-state index is 12.6. The summed E-state index contributed by atoms with van der Waals surface area (Å²) in [6.45, 7) is 0. The van der Waals surface area contributed by atoms with E-state index in [2.05, 4.69) is 20.6 Å². The second-order valence-electron chi connectivity index (χ2n) is 7.55. The van der Waals surface area contributed by atoms with Crippen molar-refractivity contribution in [2.45, 2.75) is 43.7 Å². The summed E-state index contributed by atoms with van der Waals surface area (Å²) in [5, 5.41) is 5.95. The summed E-state index contributed by atoms with van der Waals surface area (Å²) in [5.74, 6) is 1.48. The van der Waals surface area contributed by atoms with Crippen LogP contribution in [0.5, 0.6) is 5.75 Å². The van der Waals surface area contributed by atoms with Crippen LogP contribution in [0.4, 0.5) is 16.4 Å². The number of anilines is 2. The smallest absolute Gasteiger partial charge is 0.319 e. The first kappa shape index (κ1) is 17.6. The van der Waals surface area contributed by atoms with Gasteiger partial charge in [-0.25, -0.2) is 14.8 Å². The number of hydrogen-bond acceptors (Lipinski definition) is 5. The topological polar surface area (TPSA) is 79.4 Å². The summed E-state index contributed by atoms with van der Waals surface area (Å²) < 4.78 is 6.35. The van der Waals surface area contributed by atoms with Crippen molar-refractivity contribution in [2.24, 2.45) is 0 Å². The van der Waals surface area contributed by atoms with Crippen molar-refractivity contribution in [3.63, 3.8) is 0 Å². The fourth-order valence-electron chi connectivity index (χ4n) is 4.01. The van der Waals surface area contributed by atoms with E-state index in [1.807, 2.05) is 43.3 Å². The lowest BCUT2D eigenvalue weighted by atomic mass is 9.86. The SMILES string of the molecule is CN(C)c1ncc(NC(=O)N[C@@H]2CC3(CCCC3)Oc3ccccc32)cn1. The van der Waals surface area contributed by atoms with E-state index >= 15 is 0 Å². The van der Waals surface area contributed by atoms with Gasteiger partial charge < -0.3 is 20.3 Å². The predicted molar refractivity (Wildman–Crippen MR) is 104 cm³/mol. The third-order valence-electron chi connectivity index (χ3n) is 5.31. The number of carbonyl (C=O) groups is 1. The van der Waals surface area contributed by atoms with Crippen molar-refractivity contribution >= 4 is 17.7 Å². The molecule has 2 N–H and O–H groups in total. The molecule has 0 saturated heterocycles. The van der Waals surface area contributed by atoms with Gasteiger partial charge in [-0.15, -0.1) is 0 Å². The van der Waals surface area contributed by atoms with Crippen molar-refractivity contribution in [3.05, 3.63) is 42.2 Å². The number of amides is 2. The molecule has 7 nitrogen and oxygen atoms in total. The van der Waals surface area contributed by atoms with Crippen molar-refractivity contribution in [3.8, 4) is 5.75 Å². The van der Waals surface area contributed by atoms with Gasteiger partial charge >= 0.3 is 6.03 Å². The molecule has 2 aromatic rings. The molecule has 1 spiro atoms. The first-order valence-corrected chi connectivity index (χ1v) is 9.39. The summed E-state index contributed by atoms with van der Waals surface area (Å²) in [5.41, 5.74) is 1.45. The first-order valence-electron chi connectivity index (χ1n) is 9.39. The Morgan fingerprint density at radius 2 is 1.89 bits per heavy atom. The minimum atomic E-state index is -0.258. The van der Waals surface area contributed by atoms with Crippen LogP contribution in [-0.2, 0) is 0 Å². The van der Waals surface area contributed by atoms with E-state index in [9.17, 15) is 4.79 Å². The third-order valence-corrected chi connectivity index (χ3v) is 5.31. The number of nitrogens with one attached hydrogen (secondary N) is 2. The Balaban J connectivity index is 1.48. The number of benzene rings is 1. The van der Waals surface area contributed by atoms with Crippen molar-refractivity contribution in [1.29, 1.82) is 0 Å². The zero-order valence-corrected chi connectivity index (χ0v) is 15.7. The highest BCUT2D eigenvalue weighted by Crippen LogP contribution is 2.46. The van der Waals surface area contributed by atoms with Crippen LogP contribution in [-0.4, -0.2) is 35.7 Å². The Morgan fingerprint density at radius 1 is 1.19 bits per heavy atom. The largest absolute Gasteiger partial charge is 0.487 e. The van der Waals surface area contributed by atoms with Crippen LogP contribution in [0.15, 0.2) is 36.7 Å². The van der Waals surface area contributed by atoms with E-state index in [1.165, 1.54) is 12.8 Å². The van der Waals surface area contributed by atoms with Crippen molar-refractivity contribution < 1.29 is 9.53 Å². The number of aromatic nitrogens is 2. The molecule has 2 amide bonds. The average molecular weight is 367 g/mol. The van der Waals surface area contributed by atoms with Gasteiger partial charge in [0.2, 0.25) is 5.95 Å². The van der Waals surface area contributed by atoms with Gasteiger partial charge in [0.25, 0.3) is 0 Å². The highest BCUT2D eigenvalue weighted by molar-refractivity contribution is 5.89. The molecule has 1 saturated carbocycles. The second-order valence-corrected chi connectivity index (χ2v) is 7.55. The number of nitrogens with zero attached hydrogens (tertiary/aromatic N) is 3. The molecule has 27 heavy (non-hydrogen) atoms. The van der Waals surface area contributed by atoms with E-state index < -0.39 is 0 Å². The highest BCUT2D eigenvalue weighted by atomic mass is 16.5. The Hall–Kier alpha value is -2.83. The van der Waals surface area contributed by atoms with Crippen LogP contribution in [0.3, 0.4) is 0 Å². The van der Waals surface area contributed by atoms with Crippen LogP contribution < -0.4 is 20.3 Å². The van der Waals surface area contributed by atoms with Gasteiger partial charge in [0, 0.05) is 26.1 Å². The van der Waals surface area contributed by atoms with Crippen molar-refractivity contribution in [2.75, 3.05) is 24.3 Å². The Labute approximate surface area is 159 Å². The quantitative estimate of drug-likeness (QED) is 0.868. The van der Waals surface area contributed by atoms with Gasteiger partial charge in [-0.1, -0.05) is 18.2 Å². The fourth-order valence-corrected chi connectivity index (χ4v) is 4.01. The van der Waals surface area contributed by atoms with E-state index in [0.717, 1.165) is 30.6 Å². The lowest BCUT2D eigenvalue weighted by molar-refractivity contribution is 0.0388. The van der Waals surface area contributed by atoms with Crippen molar-refractivity contribution in [1.82, 2.24) is 15.3 Å². The van der Waals surface area contributed by atoms with E-state index in [1.54, 1.807) is 12.4 Å². The normalized spacial score (nSPS) is 19.9. The lowest BCUT2D eigenvalue weighted by Gasteiger charge is -2.40. The molecule has 0 bridgehead atoms. The first-order chi connectivity index (χ1) is 13.0. The third kappa shape index (κ3) is 3.67.